The molecule has 2 aromatic heterocycles. The Labute approximate surface area is 164 Å². The first-order valence-electron chi connectivity index (χ1n) is 9.59. The van der Waals surface area contributed by atoms with E-state index in [4.69, 9.17) is 4.98 Å². The quantitative estimate of drug-likeness (QED) is 0.647. The third-order valence-corrected chi connectivity index (χ3v) is 4.85. The molecule has 0 amide bonds. The summed E-state index contributed by atoms with van der Waals surface area (Å²) in [4.78, 5) is 20.0. The van der Waals surface area contributed by atoms with Gasteiger partial charge < -0.3 is 14.7 Å². The maximum absolute atomic E-state index is 4.79. The van der Waals surface area contributed by atoms with E-state index in [9.17, 15) is 0 Å². The molecule has 4 rings (SSSR count). The van der Waals surface area contributed by atoms with E-state index in [0.29, 0.717) is 5.95 Å². The number of hydrogen-bond acceptors (Lipinski definition) is 8. The monoisotopic (exact) mass is 376 g/mol. The Morgan fingerprint density at radius 3 is 2.25 bits per heavy atom. The summed E-state index contributed by atoms with van der Waals surface area (Å²) < 4.78 is 0. The standard InChI is InChI=1S/C20H24N8/c1-2-26(16-17-7-4-3-5-8-17)18-15-23-25-20(24-18)28-13-11-27(12-14-28)19-21-9-6-10-22-19/h3-10,15H,2,11-14,16H2,1H3. The Bertz CT molecular complexity index is 866. The molecule has 0 spiro atoms. The molecule has 8 heteroatoms. The van der Waals surface area contributed by atoms with E-state index in [1.54, 1.807) is 18.6 Å². The van der Waals surface area contributed by atoms with Crippen molar-refractivity contribution < 1.29 is 0 Å². The number of piperazine rings is 1. The lowest BCUT2D eigenvalue weighted by atomic mass is 10.2. The minimum Gasteiger partial charge on any atom is -0.351 e. The number of hydrogen-bond donors (Lipinski definition) is 0. The van der Waals surface area contributed by atoms with Gasteiger partial charge in [-0.1, -0.05) is 30.3 Å². The molecule has 0 radical (unpaired) electrons. The van der Waals surface area contributed by atoms with Crippen LogP contribution in [-0.2, 0) is 6.54 Å². The molecule has 3 heterocycles. The second-order valence-electron chi connectivity index (χ2n) is 6.64. The van der Waals surface area contributed by atoms with Gasteiger partial charge in [0.25, 0.3) is 0 Å². The molecule has 1 saturated heterocycles. The average molecular weight is 376 g/mol. The zero-order chi connectivity index (χ0) is 19.2. The molecule has 1 aromatic carbocycles. The summed E-state index contributed by atoms with van der Waals surface area (Å²) in [7, 11) is 0. The molecule has 1 fully saturated rings. The Kier molecular flexibility index (Phi) is 5.56. The minimum absolute atomic E-state index is 0.678. The van der Waals surface area contributed by atoms with Crippen LogP contribution in [0.3, 0.4) is 0 Å². The van der Waals surface area contributed by atoms with Crippen LogP contribution < -0.4 is 14.7 Å². The van der Waals surface area contributed by atoms with Gasteiger partial charge in [-0.15, -0.1) is 5.10 Å². The van der Waals surface area contributed by atoms with Crippen molar-refractivity contribution >= 4 is 17.7 Å². The van der Waals surface area contributed by atoms with Gasteiger partial charge in [0.1, 0.15) is 0 Å². The van der Waals surface area contributed by atoms with Gasteiger partial charge in [0.05, 0.1) is 6.20 Å². The van der Waals surface area contributed by atoms with E-state index >= 15 is 0 Å². The van der Waals surface area contributed by atoms with E-state index < -0.39 is 0 Å². The van der Waals surface area contributed by atoms with Gasteiger partial charge in [-0.25, -0.2) is 9.97 Å². The van der Waals surface area contributed by atoms with Gasteiger partial charge in [-0.3, -0.25) is 0 Å². The fourth-order valence-corrected chi connectivity index (χ4v) is 3.29. The normalized spacial score (nSPS) is 14.2. The van der Waals surface area contributed by atoms with Crippen LogP contribution in [0.2, 0.25) is 0 Å². The molecular weight excluding hydrogens is 352 g/mol. The highest BCUT2D eigenvalue weighted by molar-refractivity contribution is 5.44. The van der Waals surface area contributed by atoms with Gasteiger partial charge in [-0.2, -0.15) is 10.1 Å². The van der Waals surface area contributed by atoms with Gasteiger partial charge in [0.2, 0.25) is 11.9 Å². The van der Waals surface area contributed by atoms with Crippen molar-refractivity contribution in [1.29, 1.82) is 0 Å². The SMILES string of the molecule is CCN(Cc1ccccc1)c1cnnc(N2CCN(c3ncccn3)CC2)n1. The molecule has 3 aromatic rings. The number of anilines is 3. The van der Waals surface area contributed by atoms with E-state index in [-0.39, 0.29) is 0 Å². The van der Waals surface area contributed by atoms with Gasteiger partial charge in [0, 0.05) is 51.7 Å². The summed E-state index contributed by atoms with van der Waals surface area (Å²) in [5, 5.41) is 8.49. The number of rotatable bonds is 6. The molecular formula is C20H24N8. The Morgan fingerprint density at radius 1 is 0.893 bits per heavy atom. The summed E-state index contributed by atoms with van der Waals surface area (Å²) in [5.74, 6) is 2.30. The summed E-state index contributed by atoms with van der Waals surface area (Å²) in [6.45, 7) is 7.07. The van der Waals surface area contributed by atoms with Gasteiger partial charge >= 0.3 is 0 Å². The van der Waals surface area contributed by atoms with E-state index in [1.807, 2.05) is 12.1 Å². The van der Waals surface area contributed by atoms with Crippen LogP contribution in [0.5, 0.6) is 0 Å². The molecule has 0 saturated carbocycles. The highest BCUT2D eigenvalue weighted by atomic mass is 15.4. The van der Waals surface area contributed by atoms with Crippen molar-refractivity contribution in [2.75, 3.05) is 47.4 Å². The number of benzene rings is 1. The van der Waals surface area contributed by atoms with Crippen LogP contribution in [0, 0.1) is 0 Å². The van der Waals surface area contributed by atoms with Crippen LogP contribution in [0.1, 0.15) is 12.5 Å². The highest BCUT2D eigenvalue weighted by Gasteiger charge is 2.21. The molecule has 1 aliphatic rings. The highest BCUT2D eigenvalue weighted by Crippen LogP contribution is 2.18. The molecule has 1 aliphatic heterocycles. The molecule has 0 bridgehead atoms. The lowest BCUT2D eigenvalue weighted by Crippen LogP contribution is -2.47. The first-order chi connectivity index (χ1) is 13.8. The lowest BCUT2D eigenvalue weighted by molar-refractivity contribution is 0.622. The topological polar surface area (TPSA) is 74.2 Å². The maximum Gasteiger partial charge on any atom is 0.247 e. The number of aromatic nitrogens is 5. The second kappa shape index (κ2) is 8.60. The maximum atomic E-state index is 4.79. The first kappa shape index (κ1) is 18.1. The van der Waals surface area contributed by atoms with Gasteiger partial charge in [-0.05, 0) is 18.6 Å². The van der Waals surface area contributed by atoms with Crippen molar-refractivity contribution in [3.05, 3.63) is 60.6 Å². The Hall–Kier alpha value is -3.29. The fourth-order valence-electron chi connectivity index (χ4n) is 3.29. The Balaban J connectivity index is 1.43. The van der Waals surface area contributed by atoms with Crippen LogP contribution in [0.25, 0.3) is 0 Å². The molecule has 0 unspecified atom stereocenters. The molecule has 8 nitrogen and oxygen atoms in total. The third-order valence-electron chi connectivity index (χ3n) is 4.85. The van der Waals surface area contributed by atoms with Crippen molar-refractivity contribution in [2.45, 2.75) is 13.5 Å². The van der Waals surface area contributed by atoms with E-state index in [2.05, 4.69) is 66.1 Å². The molecule has 0 atom stereocenters. The van der Waals surface area contributed by atoms with E-state index in [0.717, 1.165) is 51.0 Å². The summed E-state index contributed by atoms with van der Waals surface area (Å²) >= 11 is 0. The van der Waals surface area contributed by atoms with Gasteiger partial charge in [0.15, 0.2) is 5.82 Å². The Morgan fingerprint density at radius 2 is 1.57 bits per heavy atom. The smallest absolute Gasteiger partial charge is 0.247 e. The predicted molar refractivity (Wildman–Crippen MR) is 109 cm³/mol. The molecule has 28 heavy (non-hydrogen) atoms. The first-order valence-corrected chi connectivity index (χ1v) is 9.59. The third kappa shape index (κ3) is 4.16. The van der Waals surface area contributed by atoms with Crippen LogP contribution in [-0.4, -0.2) is 57.9 Å². The zero-order valence-corrected chi connectivity index (χ0v) is 16.0. The van der Waals surface area contributed by atoms with Crippen molar-refractivity contribution in [3.63, 3.8) is 0 Å². The van der Waals surface area contributed by atoms with Crippen LogP contribution in [0.15, 0.2) is 55.0 Å². The zero-order valence-electron chi connectivity index (χ0n) is 16.0. The number of nitrogens with zero attached hydrogens (tertiary/aromatic N) is 8. The van der Waals surface area contributed by atoms with Crippen molar-refractivity contribution in [2.24, 2.45) is 0 Å². The predicted octanol–water partition coefficient (Wildman–Crippen LogP) is 2.01. The minimum atomic E-state index is 0.678. The molecule has 0 N–H and O–H groups in total. The largest absolute Gasteiger partial charge is 0.351 e. The second-order valence-corrected chi connectivity index (χ2v) is 6.64. The van der Waals surface area contributed by atoms with Crippen LogP contribution >= 0.6 is 0 Å². The van der Waals surface area contributed by atoms with Crippen molar-refractivity contribution in [1.82, 2.24) is 25.1 Å². The lowest BCUT2D eigenvalue weighted by Gasteiger charge is -2.34. The summed E-state index contributed by atoms with van der Waals surface area (Å²) in [6.07, 6.45) is 5.29. The summed E-state index contributed by atoms with van der Waals surface area (Å²) in [6, 6.07) is 12.2. The average Bonchev–Trinajstić information content (AvgIpc) is 2.79. The molecule has 144 valence electrons. The fraction of sp³-hybridized carbons (Fsp3) is 0.350. The van der Waals surface area contributed by atoms with Crippen molar-refractivity contribution in [3.8, 4) is 0 Å². The van der Waals surface area contributed by atoms with Crippen LogP contribution in [0.4, 0.5) is 17.7 Å². The summed E-state index contributed by atoms with van der Waals surface area (Å²) in [5.41, 5.74) is 1.25. The van der Waals surface area contributed by atoms with E-state index in [1.165, 1.54) is 5.56 Å². The molecule has 0 aliphatic carbocycles.